The molecule has 1 fully saturated rings. The lowest BCUT2D eigenvalue weighted by Crippen LogP contribution is -2.34. The molecule has 3 N–H and O–H groups in total. The molecule has 1 saturated carbocycles. The molecule has 0 atom stereocenters. The van der Waals surface area contributed by atoms with E-state index in [0.717, 1.165) is 29.6 Å². The van der Waals surface area contributed by atoms with Gasteiger partial charge in [-0.2, -0.15) is 4.98 Å². The number of aromatic nitrogens is 4. The summed E-state index contributed by atoms with van der Waals surface area (Å²) < 4.78 is 7.17. The molecule has 0 aliphatic heterocycles. The van der Waals surface area contributed by atoms with E-state index in [-0.39, 0.29) is 17.9 Å². The van der Waals surface area contributed by atoms with Crippen LogP contribution in [0.15, 0.2) is 53.3 Å². The molecule has 0 unspecified atom stereocenters. The van der Waals surface area contributed by atoms with Gasteiger partial charge in [0.05, 0.1) is 6.20 Å². The standard InChI is InChI=1S/C21H20N6O2/c1-12-5-6-13(19-25-21(29-26-19)14-8-15(22)9-14)10-16(12)24-20(28)17-11-23-18-4-2-3-7-27(17)18/h2-7,10-11,14-15H,8-9,22H2,1H3,(H,24,28)/t14-,15-. The van der Waals surface area contributed by atoms with Crippen molar-refractivity contribution in [3.05, 3.63) is 65.9 Å². The van der Waals surface area contributed by atoms with Crippen LogP contribution in [-0.4, -0.2) is 31.5 Å². The van der Waals surface area contributed by atoms with Gasteiger partial charge in [0.1, 0.15) is 11.3 Å². The van der Waals surface area contributed by atoms with Gasteiger partial charge in [-0.15, -0.1) is 0 Å². The summed E-state index contributed by atoms with van der Waals surface area (Å²) in [6.45, 7) is 1.94. The molecule has 0 radical (unpaired) electrons. The maximum atomic E-state index is 12.8. The summed E-state index contributed by atoms with van der Waals surface area (Å²) in [5.74, 6) is 1.14. The van der Waals surface area contributed by atoms with Crippen LogP contribution >= 0.6 is 0 Å². The lowest BCUT2D eigenvalue weighted by atomic mass is 9.81. The molecule has 0 bridgehead atoms. The number of carbonyl (C=O) groups is 1. The maximum Gasteiger partial charge on any atom is 0.274 e. The first kappa shape index (κ1) is 17.6. The molecule has 3 aromatic heterocycles. The summed E-state index contributed by atoms with van der Waals surface area (Å²) in [5, 5.41) is 7.07. The number of rotatable bonds is 4. The van der Waals surface area contributed by atoms with Crippen molar-refractivity contribution in [2.45, 2.75) is 31.7 Å². The fraction of sp³-hybridized carbons (Fsp3) is 0.238. The van der Waals surface area contributed by atoms with Crippen molar-refractivity contribution in [3.63, 3.8) is 0 Å². The van der Waals surface area contributed by atoms with Crippen LogP contribution in [0.4, 0.5) is 5.69 Å². The molecule has 1 aromatic carbocycles. The van der Waals surface area contributed by atoms with Crippen LogP contribution in [0.25, 0.3) is 17.0 Å². The Morgan fingerprint density at radius 1 is 1.28 bits per heavy atom. The Labute approximate surface area is 166 Å². The summed E-state index contributed by atoms with van der Waals surface area (Å²) in [4.78, 5) is 21.6. The highest BCUT2D eigenvalue weighted by atomic mass is 16.5. The van der Waals surface area contributed by atoms with Crippen molar-refractivity contribution in [2.75, 3.05) is 5.32 Å². The van der Waals surface area contributed by atoms with Crippen molar-refractivity contribution >= 4 is 17.2 Å². The zero-order valence-corrected chi connectivity index (χ0v) is 15.9. The van der Waals surface area contributed by atoms with Crippen LogP contribution < -0.4 is 11.1 Å². The molecule has 8 nitrogen and oxygen atoms in total. The van der Waals surface area contributed by atoms with E-state index in [1.165, 1.54) is 0 Å². The minimum absolute atomic E-state index is 0.219. The molecule has 0 saturated heterocycles. The average molecular weight is 388 g/mol. The Hall–Kier alpha value is -3.52. The van der Waals surface area contributed by atoms with Crippen LogP contribution in [0.3, 0.4) is 0 Å². The third-order valence-corrected chi connectivity index (χ3v) is 5.36. The molecular formula is C21H20N6O2. The number of hydrogen-bond donors (Lipinski definition) is 2. The van der Waals surface area contributed by atoms with E-state index in [4.69, 9.17) is 10.3 Å². The maximum absolute atomic E-state index is 12.8. The normalized spacial score (nSPS) is 18.6. The largest absolute Gasteiger partial charge is 0.339 e. The van der Waals surface area contributed by atoms with Gasteiger partial charge in [-0.3, -0.25) is 9.20 Å². The van der Waals surface area contributed by atoms with E-state index < -0.39 is 0 Å². The molecule has 1 amide bonds. The fourth-order valence-electron chi connectivity index (χ4n) is 3.56. The van der Waals surface area contributed by atoms with Gasteiger partial charge in [-0.1, -0.05) is 23.4 Å². The van der Waals surface area contributed by atoms with Gasteiger partial charge in [0.25, 0.3) is 5.91 Å². The Bertz CT molecular complexity index is 1200. The van der Waals surface area contributed by atoms with Crippen molar-refractivity contribution in [1.29, 1.82) is 0 Å². The van der Waals surface area contributed by atoms with Crippen molar-refractivity contribution in [3.8, 4) is 11.4 Å². The van der Waals surface area contributed by atoms with Gasteiger partial charge in [0.2, 0.25) is 11.7 Å². The van der Waals surface area contributed by atoms with E-state index in [1.807, 2.05) is 49.5 Å². The Morgan fingerprint density at radius 2 is 2.14 bits per heavy atom. The number of nitrogens with zero attached hydrogens (tertiary/aromatic N) is 4. The number of carbonyl (C=O) groups excluding carboxylic acids is 1. The number of nitrogens with two attached hydrogens (primary N) is 1. The van der Waals surface area contributed by atoms with Gasteiger partial charge >= 0.3 is 0 Å². The molecule has 0 spiro atoms. The molecule has 146 valence electrons. The third kappa shape index (κ3) is 3.17. The molecule has 3 heterocycles. The molecule has 4 aromatic rings. The first-order chi connectivity index (χ1) is 14.1. The lowest BCUT2D eigenvalue weighted by Gasteiger charge is -2.28. The first-order valence-electron chi connectivity index (χ1n) is 9.52. The summed E-state index contributed by atoms with van der Waals surface area (Å²) in [5.41, 5.74) is 9.44. The highest BCUT2D eigenvalue weighted by Gasteiger charge is 2.32. The fourth-order valence-corrected chi connectivity index (χ4v) is 3.56. The topological polar surface area (TPSA) is 111 Å². The lowest BCUT2D eigenvalue weighted by molar-refractivity contribution is 0.102. The zero-order valence-electron chi connectivity index (χ0n) is 15.9. The van der Waals surface area contributed by atoms with Gasteiger partial charge in [0.15, 0.2) is 0 Å². The van der Waals surface area contributed by atoms with E-state index in [2.05, 4.69) is 20.4 Å². The minimum Gasteiger partial charge on any atom is -0.339 e. The number of benzene rings is 1. The number of amides is 1. The first-order valence-corrected chi connectivity index (χ1v) is 9.52. The molecule has 1 aliphatic rings. The van der Waals surface area contributed by atoms with Gasteiger partial charge in [-0.25, -0.2) is 4.98 Å². The van der Waals surface area contributed by atoms with Crippen LogP contribution in [0.2, 0.25) is 0 Å². The quantitative estimate of drug-likeness (QED) is 0.555. The SMILES string of the molecule is Cc1ccc(-c2noc([C@H]3C[C@H](N)C3)n2)cc1NC(=O)c1cnc2ccccn12. The number of aryl methyl sites for hydroxylation is 1. The summed E-state index contributed by atoms with van der Waals surface area (Å²) >= 11 is 0. The average Bonchev–Trinajstić information content (AvgIpc) is 3.34. The van der Waals surface area contributed by atoms with Crippen molar-refractivity contribution in [2.24, 2.45) is 5.73 Å². The van der Waals surface area contributed by atoms with E-state index in [0.29, 0.717) is 23.1 Å². The van der Waals surface area contributed by atoms with Crippen LogP contribution in [0, 0.1) is 6.92 Å². The van der Waals surface area contributed by atoms with Crippen LogP contribution in [-0.2, 0) is 0 Å². The summed E-state index contributed by atoms with van der Waals surface area (Å²) in [7, 11) is 0. The van der Waals surface area contributed by atoms with Crippen molar-refractivity contribution in [1.82, 2.24) is 19.5 Å². The second kappa shape index (κ2) is 6.82. The molecular weight excluding hydrogens is 368 g/mol. The Balaban J connectivity index is 1.40. The van der Waals surface area contributed by atoms with Crippen molar-refractivity contribution < 1.29 is 9.32 Å². The number of fused-ring (bicyclic) bond motifs is 1. The number of hydrogen-bond acceptors (Lipinski definition) is 6. The summed E-state index contributed by atoms with van der Waals surface area (Å²) in [6, 6.07) is 11.5. The second-order valence-electron chi connectivity index (χ2n) is 7.44. The zero-order chi connectivity index (χ0) is 20.0. The molecule has 5 rings (SSSR count). The van der Waals surface area contributed by atoms with E-state index in [1.54, 1.807) is 10.6 Å². The molecule has 1 aliphatic carbocycles. The highest BCUT2D eigenvalue weighted by Crippen LogP contribution is 2.35. The summed E-state index contributed by atoms with van der Waals surface area (Å²) in [6.07, 6.45) is 5.12. The Kier molecular flexibility index (Phi) is 4.13. The molecule has 29 heavy (non-hydrogen) atoms. The van der Waals surface area contributed by atoms with Crippen LogP contribution in [0.1, 0.15) is 40.7 Å². The molecule has 8 heteroatoms. The van der Waals surface area contributed by atoms with E-state index >= 15 is 0 Å². The minimum atomic E-state index is -0.235. The van der Waals surface area contributed by atoms with Gasteiger partial charge < -0.3 is 15.6 Å². The van der Waals surface area contributed by atoms with Gasteiger partial charge in [-0.05, 0) is 43.5 Å². The van der Waals surface area contributed by atoms with E-state index in [9.17, 15) is 4.79 Å². The highest BCUT2D eigenvalue weighted by molar-refractivity contribution is 6.04. The number of anilines is 1. The van der Waals surface area contributed by atoms with Crippen LogP contribution in [0.5, 0.6) is 0 Å². The van der Waals surface area contributed by atoms with Gasteiger partial charge in [0, 0.05) is 29.4 Å². The monoisotopic (exact) mass is 388 g/mol. The predicted molar refractivity (Wildman–Crippen MR) is 108 cm³/mol. The smallest absolute Gasteiger partial charge is 0.274 e. The number of imidazole rings is 1. The number of nitrogens with one attached hydrogen (secondary N) is 1. The number of pyridine rings is 1. The second-order valence-corrected chi connectivity index (χ2v) is 7.44. The predicted octanol–water partition coefficient (Wildman–Crippen LogP) is 3.15. The Morgan fingerprint density at radius 3 is 2.97 bits per heavy atom. The third-order valence-electron chi connectivity index (χ3n) is 5.36.